The van der Waals surface area contributed by atoms with E-state index in [1.807, 2.05) is 20.8 Å². The van der Waals surface area contributed by atoms with Crippen LogP contribution in [0, 0.1) is 20.8 Å². The summed E-state index contributed by atoms with van der Waals surface area (Å²) in [6, 6.07) is 0. The van der Waals surface area contributed by atoms with Crippen LogP contribution in [0.15, 0.2) is 0 Å². The maximum absolute atomic E-state index is 11.2. The van der Waals surface area contributed by atoms with Crippen LogP contribution in [0.25, 0.3) is 0 Å². The van der Waals surface area contributed by atoms with E-state index < -0.39 is 5.97 Å². The first kappa shape index (κ1) is 14.4. The van der Waals surface area contributed by atoms with E-state index in [0.29, 0.717) is 12.2 Å². The standard InChI is InChI=1S/C15H18O5/c1-7-8(2)15-12(5-11(20-15)6-13(17)18)9(3)14(7)19-10(4)16/h11H,5-6H2,1-4H3,(H,17,18)/t11-/m0/s1. The molecule has 0 saturated heterocycles. The number of fused-ring (bicyclic) bond motifs is 1. The molecule has 0 spiro atoms. The fraction of sp³-hybridized carbons (Fsp3) is 0.467. The molecule has 108 valence electrons. The highest BCUT2D eigenvalue weighted by atomic mass is 16.5. The monoisotopic (exact) mass is 278 g/mol. The molecule has 2 rings (SSSR count). The van der Waals surface area contributed by atoms with Crippen molar-refractivity contribution in [2.45, 2.75) is 46.6 Å². The van der Waals surface area contributed by atoms with Gasteiger partial charge in [-0.1, -0.05) is 0 Å². The lowest BCUT2D eigenvalue weighted by Gasteiger charge is -2.16. The third-order valence-corrected chi connectivity index (χ3v) is 3.68. The quantitative estimate of drug-likeness (QED) is 0.678. The molecule has 0 bridgehead atoms. The van der Waals surface area contributed by atoms with Crippen molar-refractivity contribution in [2.75, 3.05) is 0 Å². The van der Waals surface area contributed by atoms with Gasteiger partial charge >= 0.3 is 11.9 Å². The molecule has 5 nitrogen and oxygen atoms in total. The predicted octanol–water partition coefficient (Wildman–Crippen LogP) is 2.32. The number of ether oxygens (including phenoxy) is 2. The summed E-state index contributed by atoms with van der Waals surface area (Å²) in [7, 11) is 0. The maximum atomic E-state index is 11.2. The number of carboxylic acid groups (broad SMARTS) is 1. The highest BCUT2D eigenvalue weighted by molar-refractivity contribution is 5.72. The van der Waals surface area contributed by atoms with Gasteiger partial charge in [0.25, 0.3) is 0 Å². The smallest absolute Gasteiger partial charge is 0.308 e. The van der Waals surface area contributed by atoms with E-state index in [0.717, 1.165) is 28.0 Å². The highest BCUT2D eigenvalue weighted by Gasteiger charge is 2.31. The fourth-order valence-electron chi connectivity index (χ4n) is 2.60. The topological polar surface area (TPSA) is 72.8 Å². The normalized spacial score (nSPS) is 16.5. The van der Waals surface area contributed by atoms with E-state index in [4.69, 9.17) is 14.6 Å². The van der Waals surface area contributed by atoms with Crippen LogP contribution >= 0.6 is 0 Å². The molecular formula is C15H18O5. The average molecular weight is 278 g/mol. The molecule has 1 aliphatic heterocycles. The number of aliphatic carboxylic acids is 1. The summed E-state index contributed by atoms with van der Waals surface area (Å²) >= 11 is 0. The number of benzene rings is 1. The molecule has 1 aromatic rings. The molecule has 5 heteroatoms. The van der Waals surface area contributed by atoms with Gasteiger partial charge in [0, 0.05) is 18.9 Å². The van der Waals surface area contributed by atoms with E-state index in [2.05, 4.69) is 0 Å². The summed E-state index contributed by atoms with van der Waals surface area (Å²) in [6.07, 6.45) is 0.144. The van der Waals surface area contributed by atoms with Gasteiger partial charge in [0.2, 0.25) is 0 Å². The molecule has 0 saturated carbocycles. The number of rotatable bonds is 3. The maximum Gasteiger partial charge on any atom is 0.308 e. The fourth-order valence-corrected chi connectivity index (χ4v) is 2.60. The lowest BCUT2D eigenvalue weighted by atomic mass is 9.95. The van der Waals surface area contributed by atoms with Crippen LogP contribution in [0.4, 0.5) is 0 Å². The van der Waals surface area contributed by atoms with Crippen molar-refractivity contribution in [1.82, 2.24) is 0 Å². The molecule has 0 aromatic heterocycles. The van der Waals surface area contributed by atoms with Crippen LogP contribution in [0.1, 0.15) is 35.6 Å². The average Bonchev–Trinajstić information content (AvgIpc) is 2.75. The van der Waals surface area contributed by atoms with Gasteiger partial charge in [0.05, 0.1) is 6.42 Å². The first-order valence-electron chi connectivity index (χ1n) is 6.50. The largest absolute Gasteiger partial charge is 0.489 e. The Morgan fingerprint density at radius 1 is 1.25 bits per heavy atom. The molecule has 0 fully saturated rings. The van der Waals surface area contributed by atoms with Crippen molar-refractivity contribution in [1.29, 1.82) is 0 Å². The van der Waals surface area contributed by atoms with Crippen molar-refractivity contribution in [3.63, 3.8) is 0 Å². The van der Waals surface area contributed by atoms with E-state index in [1.54, 1.807) is 0 Å². The van der Waals surface area contributed by atoms with Crippen molar-refractivity contribution in [2.24, 2.45) is 0 Å². The molecule has 0 radical (unpaired) electrons. The van der Waals surface area contributed by atoms with Crippen molar-refractivity contribution in [3.05, 3.63) is 22.3 Å². The van der Waals surface area contributed by atoms with Crippen LogP contribution in [0.5, 0.6) is 11.5 Å². The summed E-state index contributed by atoms with van der Waals surface area (Å²) < 4.78 is 11.0. The second-order valence-electron chi connectivity index (χ2n) is 5.15. The van der Waals surface area contributed by atoms with Crippen LogP contribution < -0.4 is 9.47 Å². The molecule has 1 aliphatic rings. The predicted molar refractivity (Wildman–Crippen MR) is 72.3 cm³/mol. The Kier molecular flexibility index (Phi) is 3.70. The molecular weight excluding hydrogens is 260 g/mol. The second kappa shape index (κ2) is 5.15. The van der Waals surface area contributed by atoms with Crippen molar-refractivity contribution >= 4 is 11.9 Å². The molecule has 1 aromatic carbocycles. The summed E-state index contributed by atoms with van der Waals surface area (Å²) in [6.45, 7) is 7.00. The molecule has 1 atom stereocenters. The Morgan fingerprint density at radius 3 is 2.45 bits per heavy atom. The minimum Gasteiger partial charge on any atom is -0.489 e. The summed E-state index contributed by atoms with van der Waals surface area (Å²) in [4.78, 5) is 22.0. The molecule has 0 unspecified atom stereocenters. The van der Waals surface area contributed by atoms with Gasteiger partial charge in [0.15, 0.2) is 0 Å². The molecule has 20 heavy (non-hydrogen) atoms. The summed E-state index contributed by atoms with van der Waals surface area (Å²) in [5, 5.41) is 8.87. The van der Waals surface area contributed by atoms with Crippen molar-refractivity contribution in [3.8, 4) is 11.5 Å². The first-order valence-corrected chi connectivity index (χ1v) is 6.50. The minimum absolute atomic E-state index is 0.0322. The lowest BCUT2D eigenvalue weighted by molar-refractivity contribution is -0.138. The second-order valence-corrected chi connectivity index (χ2v) is 5.15. The Morgan fingerprint density at radius 2 is 1.90 bits per heavy atom. The van der Waals surface area contributed by atoms with Gasteiger partial charge in [-0.2, -0.15) is 0 Å². The number of carbonyl (C=O) groups excluding carboxylic acids is 1. The van der Waals surface area contributed by atoms with Crippen molar-refractivity contribution < 1.29 is 24.2 Å². The van der Waals surface area contributed by atoms with Gasteiger partial charge in [-0.3, -0.25) is 9.59 Å². The number of esters is 1. The molecule has 0 aliphatic carbocycles. The Bertz CT molecular complexity index is 589. The van der Waals surface area contributed by atoms with Gasteiger partial charge in [-0.05, 0) is 37.5 Å². The van der Waals surface area contributed by atoms with Gasteiger partial charge in [0.1, 0.15) is 17.6 Å². The Balaban J connectivity index is 2.44. The zero-order valence-corrected chi connectivity index (χ0v) is 12.1. The summed E-state index contributed by atoms with van der Waals surface area (Å²) in [5.74, 6) is 0.0575. The number of carboxylic acids is 1. The third kappa shape index (κ3) is 2.48. The SMILES string of the molecule is CC(=O)Oc1c(C)c(C)c2c(c1C)C[C@@H](CC(=O)O)O2. The van der Waals surface area contributed by atoms with Gasteiger partial charge in [-0.15, -0.1) is 0 Å². The molecule has 0 amide bonds. The Labute approximate surface area is 117 Å². The highest BCUT2D eigenvalue weighted by Crippen LogP contribution is 2.42. The summed E-state index contributed by atoms with van der Waals surface area (Å²) in [5.41, 5.74) is 3.55. The van der Waals surface area contributed by atoms with Gasteiger partial charge in [-0.25, -0.2) is 0 Å². The van der Waals surface area contributed by atoms with E-state index >= 15 is 0 Å². The Hall–Kier alpha value is -2.04. The first-order chi connectivity index (χ1) is 9.31. The zero-order chi connectivity index (χ0) is 15.0. The zero-order valence-electron chi connectivity index (χ0n) is 12.1. The number of hydrogen-bond donors (Lipinski definition) is 1. The molecule has 1 heterocycles. The lowest BCUT2D eigenvalue weighted by Crippen LogP contribution is -2.17. The van der Waals surface area contributed by atoms with E-state index in [9.17, 15) is 9.59 Å². The van der Waals surface area contributed by atoms with Crippen LogP contribution in [0.3, 0.4) is 0 Å². The van der Waals surface area contributed by atoms with Gasteiger partial charge < -0.3 is 14.6 Å². The minimum atomic E-state index is -0.880. The van der Waals surface area contributed by atoms with Crippen LogP contribution in [0.2, 0.25) is 0 Å². The molecule has 1 N–H and O–H groups in total. The number of hydrogen-bond acceptors (Lipinski definition) is 4. The van der Waals surface area contributed by atoms with E-state index in [-0.39, 0.29) is 18.5 Å². The third-order valence-electron chi connectivity index (χ3n) is 3.68. The van der Waals surface area contributed by atoms with Crippen LogP contribution in [-0.2, 0) is 16.0 Å². The number of carbonyl (C=O) groups is 2. The van der Waals surface area contributed by atoms with E-state index in [1.165, 1.54) is 6.92 Å². The van der Waals surface area contributed by atoms with Crippen LogP contribution in [-0.4, -0.2) is 23.1 Å².